The maximum Gasteiger partial charge on any atom is 0.266 e. The first-order valence-corrected chi connectivity index (χ1v) is 12.0. The zero-order chi connectivity index (χ0) is 25.2. The Morgan fingerprint density at radius 2 is 1.77 bits per heavy atom. The van der Waals surface area contributed by atoms with E-state index in [4.69, 9.17) is 21.1 Å². The molecule has 2 amide bonds. The molecule has 178 valence electrons. The van der Waals surface area contributed by atoms with E-state index in [9.17, 15) is 14.9 Å². The lowest BCUT2D eigenvalue weighted by Gasteiger charge is -2.15. The van der Waals surface area contributed by atoms with Gasteiger partial charge in [-0.2, -0.15) is 5.26 Å². The molecule has 3 aromatic carbocycles. The number of amides is 2. The zero-order valence-electron chi connectivity index (χ0n) is 18.7. The fraction of sp³-hybridized carbons (Fsp3) is 0.115. The SMILES string of the molecule is CCOc1cc(/C=C(\C#N)C(=O)Nc2cccc(Cl)c2)cc(I)c1OCC(=O)Nc1ccccc1. The molecule has 0 radical (unpaired) electrons. The molecular formula is C26H21ClIN3O4. The summed E-state index contributed by atoms with van der Waals surface area (Å²) in [6, 6.07) is 21.0. The van der Waals surface area contributed by atoms with Crippen LogP contribution in [0, 0.1) is 14.9 Å². The van der Waals surface area contributed by atoms with Gasteiger partial charge in [0.15, 0.2) is 18.1 Å². The van der Waals surface area contributed by atoms with Crippen LogP contribution in [0.15, 0.2) is 72.3 Å². The number of carbonyl (C=O) groups excluding carboxylic acids is 2. The van der Waals surface area contributed by atoms with Gasteiger partial charge in [0.2, 0.25) is 0 Å². The van der Waals surface area contributed by atoms with Gasteiger partial charge in [-0.3, -0.25) is 9.59 Å². The summed E-state index contributed by atoms with van der Waals surface area (Å²) in [5, 5.41) is 15.4. The van der Waals surface area contributed by atoms with E-state index >= 15 is 0 Å². The van der Waals surface area contributed by atoms with Gasteiger partial charge in [-0.15, -0.1) is 0 Å². The molecule has 3 aromatic rings. The van der Waals surface area contributed by atoms with E-state index in [1.165, 1.54) is 6.08 Å². The first kappa shape index (κ1) is 26.1. The van der Waals surface area contributed by atoms with E-state index in [0.29, 0.717) is 43.6 Å². The van der Waals surface area contributed by atoms with Crippen LogP contribution in [0.2, 0.25) is 5.02 Å². The third kappa shape index (κ3) is 7.73. The van der Waals surface area contributed by atoms with Crippen LogP contribution in [0.1, 0.15) is 12.5 Å². The van der Waals surface area contributed by atoms with E-state index in [1.54, 1.807) is 48.5 Å². The number of halogens is 2. The van der Waals surface area contributed by atoms with Gasteiger partial charge in [0, 0.05) is 16.4 Å². The number of benzene rings is 3. The Balaban J connectivity index is 1.77. The highest BCUT2D eigenvalue weighted by Gasteiger charge is 2.16. The molecule has 0 aliphatic rings. The molecule has 0 saturated heterocycles. The van der Waals surface area contributed by atoms with Crippen molar-refractivity contribution in [1.82, 2.24) is 0 Å². The van der Waals surface area contributed by atoms with E-state index in [1.807, 2.05) is 31.2 Å². The summed E-state index contributed by atoms with van der Waals surface area (Å²) in [6.45, 7) is 1.96. The molecule has 0 spiro atoms. The van der Waals surface area contributed by atoms with Gasteiger partial charge >= 0.3 is 0 Å². The van der Waals surface area contributed by atoms with Crippen molar-refractivity contribution >= 4 is 63.5 Å². The minimum atomic E-state index is -0.569. The van der Waals surface area contributed by atoms with Gasteiger partial charge in [-0.25, -0.2) is 0 Å². The molecule has 3 rings (SSSR count). The number of hydrogen-bond donors (Lipinski definition) is 2. The lowest BCUT2D eigenvalue weighted by molar-refractivity contribution is -0.118. The van der Waals surface area contributed by atoms with Crippen molar-refractivity contribution in [3.05, 3.63) is 86.5 Å². The van der Waals surface area contributed by atoms with E-state index in [-0.39, 0.29) is 18.1 Å². The van der Waals surface area contributed by atoms with Crippen LogP contribution in [0.4, 0.5) is 11.4 Å². The predicted octanol–water partition coefficient (Wildman–Crippen LogP) is 5.91. The van der Waals surface area contributed by atoms with Crippen molar-refractivity contribution in [1.29, 1.82) is 5.26 Å². The van der Waals surface area contributed by atoms with E-state index < -0.39 is 5.91 Å². The monoisotopic (exact) mass is 601 g/mol. The Morgan fingerprint density at radius 3 is 2.46 bits per heavy atom. The van der Waals surface area contributed by atoms with Crippen molar-refractivity contribution in [3.8, 4) is 17.6 Å². The summed E-state index contributed by atoms with van der Waals surface area (Å²) in [5.41, 5.74) is 1.61. The lowest BCUT2D eigenvalue weighted by atomic mass is 10.1. The molecule has 9 heteroatoms. The van der Waals surface area contributed by atoms with Gasteiger partial charge in [0.1, 0.15) is 11.6 Å². The Kier molecular flexibility index (Phi) is 9.52. The number of rotatable bonds is 9. The summed E-state index contributed by atoms with van der Waals surface area (Å²) in [5.74, 6) is -0.0936. The molecule has 0 bridgehead atoms. The van der Waals surface area contributed by atoms with Crippen molar-refractivity contribution in [3.63, 3.8) is 0 Å². The molecule has 0 atom stereocenters. The molecule has 0 aliphatic carbocycles. The van der Waals surface area contributed by atoms with Crippen LogP contribution in [-0.4, -0.2) is 25.0 Å². The molecule has 7 nitrogen and oxygen atoms in total. The van der Waals surface area contributed by atoms with Gasteiger partial charge in [-0.1, -0.05) is 35.9 Å². The van der Waals surface area contributed by atoms with Crippen molar-refractivity contribution in [2.24, 2.45) is 0 Å². The topological polar surface area (TPSA) is 100 Å². The second kappa shape index (κ2) is 12.8. The van der Waals surface area contributed by atoms with Crippen LogP contribution in [0.3, 0.4) is 0 Å². The summed E-state index contributed by atoms with van der Waals surface area (Å²) >= 11 is 8.01. The summed E-state index contributed by atoms with van der Waals surface area (Å²) < 4.78 is 12.1. The minimum Gasteiger partial charge on any atom is -0.490 e. The normalized spacial score (nSPS) is 10.7. The highest BCUT2D eigenvalue weighted by molar-refractivity contribution is 14.1. The number of para-hydroxylation sites is 1. The quantitative estimate of drug-likeness (QED) is 0.181. The number of nitriles is 1. The summed E-state index contributed by atoms with van der Waals surface area (Å²) in [4.78, 5) is 24.9. The molecular weight excluding hydrogens is 581 g/mol. The Labute approximate surface area is 221 Å². The Bertz CT molecular complexity index is 1290. The molecule has 0 aromatic heterocycles. The highest BCUT2D eigenvalue weighted by Crippen LogP contribution is 2.35. The summed E-state index contributed by atoms with van der Waals surface area (Å²) in [7, 11) is 0. The second-order valence-electron chi connectivity index (χ2n) is 7.10. The number of nitrogens with one attached hydrogen (secondary N) is 2. The average molecular weight is 602 g/mol. The van der Waals surface area contributed by atoms with Crippen molar-refractivity contribution in [2.45, 2.75) is 6.92 Å². The average Bonchev–Trinajstić information content (AvgIpc) is 2.82. The van der Waals surface area contributed by atoms with Crippen LogP contribution in [0.25, 0.3) is 6.08 Å². The van der Waals surface area contributed by atoms with E-state index in [2.05, 4.69) is 33.2 Å². The molecule has 0 fully saturated rings. The largest absolute Gasteiger partial charge is 0.490 e. The smallest absolute Gasteiger partial charge is 0.266 e. The predicted molar refractivity (Wildman–Crippen MR) is 145 cm³/mol. The number of nitrogens with zero attached hydrogens (tertiary/aromatic N) is 1. The molecule has 0 saturated carbocycles. The van der Waals surface area contributed by atoms with Crippen LogP contribution in [0.5, 0.6) is 11.5 Å². The van der Waals surface area contributed by atoms with Gasteiger partial charge in [0.05, 0.1) is 10.2 Å². The Morgan fingerprint density at radius 1 is 1.03 bits per heavy atom. The molecule has 0 unspecified atom stereocenters. The number of hydrogen-bond acceptors (Lipinski definition) is 5. The van der Waals surface area contributed by atoms with Crippen LogP contribution >= 0.6 is 34.2 Å². The maximum absolute atomic E-state index is 12.6. The highest BCUT2D eigenvalue weighted by atomic mass is 127. The van der Waals surface area contributed by atoms with E-state index in [0.717, 1.165) is 0 Å². The Hall–Kier alpha value is -3.55. The van der Waals surface area contributed by atoms with Crippen molar-refractivity contribution in [2.75, 3.05) is 23.8 Å². The van der Waals surface area contributed by atoms with Crippen LogP contribution < -0.4 is 20.1 Å². The third-order valence-electron chi connectivity index (χ3n) is 4.50. The van der Waals surface area contributed by atoms with Crippen LogP contribution in [-0.2, 0) is 9.59 Å². The molecule has 2 N–H and O–H groups in total. The van der Waals surface area contributed by atoms with Gasteiger partial charge in [-0.05, 0) is 83.6 Å². The minimum absolute atomic E-state index is 0.0980. The number of anilines is 2. The van der Waals surface area contributed by atoms with Gasteiger partial charge < -0.3 is 20.1 Å². The number of ether oxygens (including phenoxy) is 2. The fourth-order valence-electron chi connectivity index (χ4n) is 3.01. The third-order valence-corrected chi connectivity index (χ3v) is 5.53. The molecule has 35 heavy (non-hydrogen) atoms. The standard InChI is InChI=1S/C26H21ClIN3O4/c1-2-34-23-13-17(11-18(15-29)26(33)31-21-10-6-7-19(27)14-21)12-22(28)25(23)35-16-24(32)30-20-8-4-3-5-9-20/h3-14H,2,16H2,1H3,(H,30,32)(H,31,33)/b18-11+. The second-order valence-corrected chi connectivity index (χ2v) is 8.70. The molecule has 0 heterocycles. The van der Waals surface area contributed by atoms with Crippen molar-refractivity contribution < 1.29 is 19.1 Å². The zero-order valence-corrected chi connectivity index (χ0v) is 21.6. The fourth-order valence-corrected chi connectivity index (χ4v) is 3.98. The maximum atomic E-state index is 12.6. The lowest BCUT2D eigenvalue weighted by Crippen LogP contribution is -2.20. The first-order chi connectivity index (χ1) is 16.9. The molecule has 0 aliphatic heterocycles. The number of carbonyl (C=O) groups is 2. The van der Waals surface area contributed by atoms with Gasteiger partial charge in [0.25, 0.3) is 11.8 Å². The summed E-state index contributed by atoms with van der Waals surface area (Å²) in [6.07, 6.45) is 1.45. The first-order valence-electron chi connectivity index (χ1n) is 10.5.